The van der Waals surface area contributed by atoms with E-state index in [-0.39, 0.29) is 32.7 Å². The van der Waals surface area contributed by atoms with Crippen molar-refractivity contribution in [2.45, 2.75) is 29.1 Å². The summed E-state index contributed by atoms with van der Waals surface area (Å²) in [6.07, 6.45) is 2.48. The number of amides is 1. The van der Waals surface area contributed by atoms with Crippen LogP contribution in [0.4, 0.5) is 11.4 Å². The lowest BCUT2D eigenvalue weighted by Gasteiger charge is -2.27. The number of methoxy groups -OCH3 is 3. The summed E-state index contributed by atoms with van der Waals surface area (Å²) in [6.45, 7) is 0.161. The Bertz CT molecular complexity index is 1590. The minimum absolute atomic E-state index is 0.0305. The summed E-state index contributed by atoms with van der Waals surface area (Å²) in [4.78, 5) is 13.3. The molecule has 1 saturated heterocycles. The minimum atomic E-state index is -4.24. The largest absolute Gasteiger partial charge is 0.497 e. The number of nitrogens with one attached hydrogen (secondary N) is 1. The second kappa shape index (κ2) is 12.8. The van der Waals surface area contributed by atoms with Crippen molar-refractivity contribution >= 4 is 37.3 Å². The maximum absolute atomic E-state index is 13.8. The topological polar surface area (TPSA) is 132 Å². The first-order valence-corrected chi connectivity index (χ1v) is 15.8. The van der Waals surface area contributed by atoms with Gasteiger partial charge in [-0.15, -0.1) is 0 Å². The van der Waals surface area contributed by atoms with E-state index >= 15 is 0 Å². The average molecular weight is 604 g/mol. The van der Waals surface area contributed by atoms with Crippen molar-refractivity contribution in [1.29, 1.82) is 0 Å². The lowest BCUT2D eigenvalue weighted by atomic mass is 10.2. The van der Waals surface area contributed by atoms with Gasteiger partial charge in [0.05, 0.1) is 31.9 Å². The fourth-order valence-electron chi connectivity index (χ4n) is 4.54. The number of anilines is 2. The van der Waals surface area contributed by atoms with Crippen LogP contribution in [-0.2, 0) is 24.8 Å². The summed E-state index contributed by atoms with van der Waals surface area (Å²) < 4.78 is 72.7. The molecule has 41 heavy (non-hydrogen) atoms. The molecule has 220 valence electrons. The molecule has 3 aromatic rings. The van der Waals surface area contributed by atoms with Gasteiger partial charge in [0.1, 0.15) is 28.7 Å². The maximum Gasteiger partial charge on any atom is 0.264 e. The Morgan fingerprint density at radius 3 is 2.12 bits per heavy atom. The first-order chi connectivity index (χ1) is 19.6. The summed E-state index contributed by atoms with van der Waals surface area (Å²) in [5, 5.41) is 2.64. The molecule has 13 heteroatoms. The Hall–Kier alpha value is -3.81. The van der Waals surface area contributed by atoms with Crippen LogP contribution in [0, 0.1) is 0 Å². The average Bonchev–Trinajstić information content (AvgIpc) is 3.00. The van der Waals surface area contributed by atoms with Gasteiger partial charge in [-0.3, -0.25) is 9.10 Å². The monoisotopic (exact) mass is 603 g/mol. The molecule has 0 atom stereocenters. The molecule has 4 rings (SSSR count). The Labute approximate surface area is 240 Å². The predicted octanol–water partition coefficient (Wildman–Crippen LogP) is 3.72. The molecule has 11 nitrogen and oxygen atoms in total. The van der Waals surface area contributed by atoms with Crippen molar-refractivity contribution in [1.82, 2.24) is 4.31 Å². The molecule has 0 spiro atoms. The van der Waals surface area contributed by atoms with Crippen LogP contribution in [0.5, 0.6) is 17.2 Å². The summed E-state index contributed by atoms with van der Waals surface area (Å²) >= 11 is 0. The lowest BCUT2D eigenvalue weighted by Crippen LogP contribution is -2.38. The van der Waals surface area contributed by atoms with Crippen LogP contribution in [0.15, 0.2) is 76.5 Å². The Morgan fingerprint density at radius 1 is 0.829 bits per heavy atom. The van der Waals surface area contributed by atoms with E-state index < -0.39 is 32.5 Å². The molecule has 1 N–H and O–H groups in total. The Morgan fingerprint density at radius 2 is 1.49 bits per heavy atom. The zero-order valence-corrected chi connectivity index (χ0v) is 24.7. The van der Waals surface area contributed by atoms with Crippen molar-refractivity contribution in [3.8, 4) is 17.2 Å². The second-order valence-corrected chi connectivity index (χ2v) is 13.0. The first kappa shape index (κ1) is 30.2. The third-order valence-corrected chi connectivity index (χ3v) is 10.3. The molecule has 0 aliphatic carbocycles. The molecule has 1 aliphatic heterocycles. The van der Waals surface area contributed by atoms with Gasteiger partial charge in [-0.2, -0.15) is 4.31 Å². The highest BCUT2D eigenvalue weighted by atomic mass is 32.2. The smallest absolute Gasteiger partial charge is 0.264 e. The van der Waals surface area contributed by atoms with Crippen molar-refractivity contribution in [2.75, 3.05) is 50.6 Å². The molecule has 0 radical (unpaired) electrons. The molecule has 1 fully saturated rings. The zero-order valence-electron chi connectivity index (χ0n) is 23.1. The van der Waals surface area contributed by atoms with Gasteiger partial charge in [-0.1, -0.05) is 24.6 Å². The van der Waals surface area contributed by atoms with Gasteiger partial charge >= 0.3 is 0 Å². The van der Waals surface area contributed by atoms with Crippen LogP contribution in [0.2, 0.25) is 0 Å². The van der Waals surface area contributed by atoms with Gasteiger partial charge in [-0.25, -0.2) is 16.8 Å². The third-order valence-electron chi connectivity index (χ3n) is 6.65. The molecule has 1 aliphatic rings. The standard InChI is InChI=1S/C28H33N3O8S2/c1-37-22-13-15-25(38-2)24(19-22)31(40(33,34)23-10-6-4-7-11-23)20-28(32)29-21-12-14-26(39-3)27(18-21)41(35,36)30-16-8-5-9-17-30/h4,6-7,10-15,18-19H,5,8-9,16-17,20H2,1-3H3,(H,29,32). The molecule has 1 heterocycles. The fraction of sp³-hybridized carbons (Fsp3) is 0.321. The van der Waals surface area contributed by atoms with Crippen LogP contribution in [0.25, 0.3) is 0 Å². The van der Waals surface area contributed by atoms with Crippen LogP contribution in [0.1, 0.15) is 19.3 Å². The van der Waals surface area contributed by atoms with Crippen molar-refractivity contribution in [3.63, 3.8) is 0 Å². The molecule has 0 bridgehead atoms. The molecule has 0 aromatic heterocycles. The number of benzene rings is 3. The number of piperidine rings is 1. The molecular formula is C28H33N3O8S2. The number of ether oxygens (including phenoxy) is 3. The van der Waals surface area contributed by atoms with Gasteiger partial charge in [-0.05, 0) is 55.3 Å². The van der Waals surface area contributed by atoms with E-state index in [2.05, 4.69) is 5.32 Å². The lowest BCUT2D eigenvalue weighted by molar-refractivity contribution is -0.114. The SMILES string of the molecule is COc1ccc(OC)c(N(CC(=O)Nc2ccc(OC)c(S(=O)(=O)N3CCCCC3)c2)S(=O)(=O)c2ccccc2)c1. The number of hydrogen-bond acceptors (Lipinski definition) is 8. The maximum atomic E-state index is 13.8. The number of nitrogens with zero attached hydrogens (tertiary/aromatic N) is 2. The normalized spacial score (nSPS) is 14.2. The number of carbonyl (C=O) groups is 1. The molecule has 0 unspecified atom stereocenters. The summed E-state index contributed by atoms with van der Waals surface area (Å²) in [5.74, 6) is -0.00140. The fourth-order valence-corrected chi connectivity index (χ4v) is 7.69. The van der Waals surface area contributed by atoms with E-state index in [1.54, 1.807) is 30.3 Å². The summed E-state index contributed by atoms with van der Waals surface area (Å²) in [7, 11) is -3.93. The van der Waals surface area contributed by atoms with E-state index in [1.807, 2.05) is 0 Å². The van der Waals surface area contributed by atoms with Gasteiger partial charge in [0.2, 0.25) is 15.9 Å². The second-order valence-electron chi connectivity index (χ2n) is 9.24. The number of carbonyl (C=O) groups excluding carboxylic acids is 1. The van der Waals surface area contributed by atoms with Gasteiger partial charge < -0.3 is 19.5 Å². The summed E-state index contributed by atoms with van der Waals surface area (Å²) in [5.41, 5.74) is 0.259. The van der Waals surface area contributed by atoms with Gasteiger partial charge in [0.25, 0.3) is 10.0 Å². The molecule has 3 aromatic carbocycles. The van der Waals surface area contributed by atoms with Gasteiger partial charge in [0, 0.05) is 24.8 Å². The predicted molar refractivity (Wildman–Crippen MR) is 155 cm³/mol. The van der Waals surface area contributed by atoms with E-state index in [0.717, 1.165) is 23.6 Å². The Balaban J connectivity index is 1.69. The zero-order chi connectivity index (χ0) is 29.6. The van der Waals surface area contributed by atoms with Crippen LogP contribution in [-0.4, -0.2) is 68.0 Å². The van der Waals surface area contributed by atoms with E-state index in [4.69, 9.17) is 14.2 Å². The van der Waals surface area contributed by atoms with Crippen LogP contribution >= 0.6 is 0 Å². The first-order valence-electron chi connectivity index (χ1n) is 12.9. The highest BCUT2D eigenvalue weighted by Crippen LogP contribution is 2.36. The highest BCUT2D eigenvalue weighted by molar-refractivity contribution is 7.93. The van der Waals surface area contributed by atoms with E-state index in [0.29, 0.717) is 18.8 Å². The van der Waals surface area contributed by atoms with Crippen molar-refractivity contribution in [2.24, 2.45) is 0 Å². The van der Waals surface area contributed by atoms with Crippen molar-refractivity contribution in [3.05, 3.63) is 66.7 Å². The molecular weight excluding hydrogens is 570 g/mol. The summed E-state index contributed by atoms with van der Waals surface area (Å²) in [6, 6.07) is 16.6. The Kier molecular flexibility index (Phi) is 9.41. The number of rotatable bonds is 11. The number of sulfonamides is 2. The molecule has 1 amide bonds. The minimum Gasteiger partial charge on any atom is -0.497 e. The van der Waals surface area contributed by atoms with Crippen molar-refractivity contribution < 1.29 is 35.8 Å². The highest BCUT2D eigenvalue weighted by Gasteiger charge is 2.31. The quantitative estimate of drug-likeness (QED) is 0.351. The molecule has 0 saturated carbocycles. The number of hydrogen-bond donors (Lipinski definition) is 1. The van der Waals surface area contributed by atoms with Crippen LogP contribution in [0.3, 0.4) is 0 Å². The van der Waals surface area contributed by atoms with Crippen LogP contribution < -0.4 is 23.8 Å². The van der Waals surface area contributed by atoms with E-state index in [9.17, 15) is 21.6 Å². The van der Waals surface area contributed by atoms with Gasteiger partial charge in [0.15, 0.2) is 0 Å². The van der Waals surface area contributed by atoms with E-state index in [1.165, 1.54) is 62.0 Å². The third kappa shape index (κ3) is 6.58.